The van der Waals surface area contributed by atoms with Gasteiger partial charge in [-0.25, -0.2) is 0 Å². The Bertz CT molecular complexity index is 434. The molecule has 1 N–H and O–H groups in total. The number of nitrogens with zero attached hydrogens (tertiary/aromatic N) is 1. The number of methoxy groups -OCH3 is 2. The Morgan fingerprint density at radius 2 is 1.89 bits per heavy atom. The number of hydrogen-bond acceptors (Lipinski definition) is 4. The lowest BCUT2D eigenvalue weighted by atomic mass is 9.99. The minimum atomic E-state index is 0.374. The van der Waals surface area contributed by atoms with E-state index in [1.165, 1.54) is 5.56 Å². The molecule has 0 radical (unpaired) electrons. The van der Waals surface area contributed by atoms with E-state index < -0.39 is 0 Å². The van der Waals surface area contributed by atoms with Gasteiger partial charge in [0.25, 0.3) is 0 Å². The number of aryl methyl sites for hydroxylation is 1. The van der Waals surface area contributed by atoms with Crippen LogP contribution in [0, 0.1) is 6.92 Å². The number of likely N-dealkylation sites (N-methyl/N-ethyl adjacent to an activating group) is 1. The molecule has 1 unspecified atom stereocenters. The normalized spacial score (nSPS) is 20.9. The number of rotatable bonds is 3. The van der Waals surface area contributed by atoms with Gasteiger partial charge in [0, 0.05) is 24.7 Å². The van der Waals surface area contributed by atoms with Gasteiger partial charge in [0.05, 0.1) is 14.2 Å². The van der Waals surface area contributed by atoms with Gasteiger partial charge >= 0.3 is 0 Å². The zero-order valence-electron chi connectivity index (χ0n) is 12.3. The molecule has 0 aromatic heterocycles. The summed E-state index contributed by atoms with van der Waals surface area (Å²) in [5.41, 5.74) is 2.33. The third-order valence-corrected chi connectivity index (χ3v) is 3.87. The average molecular weight is 264 g/mol. The summed E-state index contributed by atoms with van der Waals surface area (Å²) >= 11 is 0. The largest absolute Gasteiger partial charge is 0.496 e. The molecule has 1 aromatic carbocycles. The van der Waals surface area contributed by atoms with Crippen LogP contribution in [0.1, 0.15) is 23.6 Å². The van der Waals surface area contributed by atoms with Gasteiger partial charge in [0.2, 0.25) is 0 Å². The van der Waals surface area contributed by atoms with E-state index in [9.17, 15) is 0 Å². The van der Waals surface area contributed by atoms with E-state index in [4.69, 9.17) is 9.47 Å². The summed E-state index contributed by atoms with van der Waals surface area (Å²) in [6.45, 7) is 5.17. The zero-order chi connectivity index (χ0) is 13.8. The summed E-state index contributed by atoms with van der Waals surface area (Å²) < 4.78 is 11.0. The van der Waals surface area contributed by atoms with Crippen molar-refractivity contribution in [3.63, 3.8) is 0 Å². The molecule has 106 valence electrons. The van der Waals surface area contributed by atoms with Crippen molar-refractivity contribution in [2.45, 2.75) is 19.4 Å². The van der Waals surface area contributed by atoms with Crippen LogP contribution >= 0.6 is 0 Å². The molecule has 0 aliphatic carbocycles. The maximum Gasteiger partial charge on any atom is 0.124 e. The lowest BCUT2D eigenvalue weighted by Crippen LogP contribution is -2.27. The standard InChI is InChI=1S/C15H24N2O2/c1-11-9-15(19-4)12(10-14(11)18-3)13-5-6-16-7-8-17(13)2/h9-10,13,16H,5-8H2,1-4H3. The van der Waals surface area contributed by atoms with E-state index in [0.717, 1.165) is 43.1 Å². The van der Waals surface area contributed by atoms with E-state index in [-0.39, 0.29) is 0 Å². The van der Waals surface area contributed by atoms with Crippen molar-refractivity contribution < 1.29 is 9.47 Å². The molecule has 1 aliphatic rings. The molecule has 1 aliphatic heterocycles. The smallest absolute Gasteiger partial charge is 0.124 e. The van der Waals surface area contributed by atoms with Gasteiger partial charge < -0.3 is 14.8 Å². The van der Waals surface area contributed by atoms with Crippen LogP contribution in [0.2, 0.25) is 0 Å². The summed E-state index contributed by atoms with van der Waals surface area (Å²) in [5.74, 6) is 1.89. The van der Waals surface area contributed by atoms with Crippen molar-refractivity contribution in [1.29, 1.82) is 0 Å². The number of benzene rings is 1. The first-order chi connectivity index (χ1) is 9.17. The first kappa shape index (κ1) is 14.2. The second-order valence-corrected chi connectivity index (χ2v) is 5.10. The Hall–Kier alpha value is -1.26. The third-order valence-electron chi connectivity index (χ3n) is 3.87. The maximum absolute atomic E-state index is 5.57. The zero-order valence-corrected chi connectivity index (χ0v) is 12.3. The van der Waals surface area contributed by atoms with Crippen molar-refractivity contribution in [1.82, 2.24) is 10.2 Å². The first-order valence-electron chi connectivity index (χ1n) is 6.81. The topological polar surface area (TPSA) is 33.7 Å². The Morgan fingerprint density at radius 3 is 2.58 bits per heavy atom. The van der Waals surface area contributed by atoms with Gasteiger partial charge in [-0.15, -0.1) is 0 Å². The second-order valence-electron chi connectivity index (χ2n) is 5.10. The van der Waals surface area contributed by atoms with Crippen LogP contribution in [0.15, 0.2) is 12.1 Å². The lowest BCUT2D eigenvalue weighted by molar-refractivity contribution is 0.250. The average Bonchev–Trinajstić information content (AvgIpc) is 2.63. The summed E-state index contributed by atoms with van der Waals surface area (Å²) in [7, 11) is 5.63. The summed E-state index contributed by atoms with van der Waals surface area (Å²) in [4.78, 5) is 2.38. The first-order valence-corrected chi connectivity index (χ1v) is 6.81. The number of hydrogen-bond donors (Lipinski definition) is 1. The predicted octanol–water partition coefficient (Wildman–Crippen LogP) is 1.98. The van der Waals surface area contributed by atoms with Crippen LogP contribution in [0.3, 0.4) is 0 Å². The predicted molar refractivity (Wildman–Crippen MR) is 77.1 cm³/mol. The minimum absolute atomic E-state index is 0.374. The highest BCUT2D eigenvalue weighted by Crippen LogP contribution is 2.36. The molecule has 1 aromatic rings. The van der Waals surface area contributed by atoms with Crippen LogP contribution < -0.4 is 14.8 Å². The number of nitrogens with one attached hydrogen (secondary N) is 1. The van der Waals surface area contributed by atoms with Gasteiger partial charge in [0.15, 0.2) is 0 Å². The molecule has 2 rings (SSSR count). The molecule has 4 heteroatoms. The summed E-state index contributed by atoms with van der Waals surface area (Å²) in [6.07, 6.45) is 1.08. The van der Waals surface area contributed by atoms with Gasteiger partial charge in [-0.2, -0.15) is 0 Å². The van der Waals surface area contributed by atoms with E-state index in [1.54, 1.807) is 14.2 Å². The fourth-order valence-corrected chi connectivity index (χ4v) is 2.72. The van der Waals surface area contributed by atoms with Crippen LogP contribution in [-0.4, -0.2) is 45.8 Å². The van der Waals surface area contributed by atoms with Crippen molar-refractivity contribution in [3.8, 4) is 11.5 Å². The number of ether oxygens (including phenoxy) is 2. The van der Waals surface area contributed by atoms with Crippen molar-refractivity contribution in [3.05, 3.63) is 23.3 Å². The molecule has 1 saturated heterocycles. The molecule has 4 nitrogen and oxygen atoms in total. The highest BCUT2D eigenvalue weighted by atomic mass is 16.5. The third kappa shape index (κ3) is 3.01. The highest BCUT2D eigenvalue weighted by molar-refractivity contribution is 5.47. The Morgan fingerprint density at radius 1 is 1.16 bits per heavy atom. The minimum Gasteiger partial charge on any atom is -0.496 e. The van der Waals surface area contributed by atoms with Crippen molar-refractivity contribution >= 4 is 0 Å². The van der Waals surface area contributed by atoms with Crippen LogP contribution in [0.25, 0.3) is 0 Å². The van der Waals surface area contributed by atoms with Crippen molar-refractivity contribution in [2.75, 3.05) is 40.9 Å². The molecule has 1 atom stereocenters. The van der Waals surface area contributed by atoms with Crippen LogP contribution in [-0.2, 0) is 0 Å². The van der Waals surface area contributed by atoms with E-state index in [1.807, 2.05) is 6.92 Å². The van der Waals surface area contributed by atoms with E-state index in [2.05, 4.69) is 29.4 Å². The molecular weight excluding hydrogens is 240 g/mol. The fourth-order valence-electron chi connectivity index (χ4n) is 2.72. The fraction of sp³-hybridized carbons (Fsp3) is 0.600. The van der Waals surface area contributed by atoms with Gasteiger partial charge in [-0.05, 0) is 44.6 Å². The summed E-state index contributed by atoms with van der Waals surface area (Å²) in [5, 5.41) is 3.44. The Balaban J connectivity index is 2.40. The Kier molecular flexibility index (Phi) is 4.66. The maximum atomic E-state index is 5.57. The van der Waals surface area contributed by atoms with Gasteiger partial charge in [-0.3, -0.25) is 4.90 Å². The molecule has 0 saturated carbocycles. The lowest BCUT2D eigenvalue weighted by Gasteiger charge is -2.27. The second kappa shape index (κ2) is 6.26. The SMILES string of the molecule is COc1cc(C2CCNCCN2C)c(OC)cc1C. The monoisotopic (exact) mass is 264 g/mol. The molecule has 1 heterocycles. The van der Waals surface area contributed by atoms with E-state index in [0.29, 0.717) is 6.04 Å². The molecule has 0 amide bonds. The van der Waals surface area contributed by atoms with Gasteiger partial charge in [-0.1, -0.05) is 0 Å². The quantitative estimate of drug-likeness (QED) is 0.905. The summed E-state index contributed by atoms with van der Waals surface area (Å²) in [6, 6.07) is 4.57. The van der Waals surface area contributed by atoms with E-state index >= 15 is 0 Å². The molecule has 0 bridgehead atoms. The van der Waals surface area contributed by atoms with Gasteiger partial charge in [0.1, 0.15) is 11.5 Å². The van der Waals surface area contributed by atoms with Crippen LogP contribution in [0.5, 0.6) is 11.5 Å². The Labute approximate surface area is 115 Å². The highest BCUT2D eigenvalue weighted by Gasteiger charge is 2.23. The van der Waals surface area contributed by atoms with Crippen LogP contribution in [0.4, 0.5) is 0 Å². The molecule has 1 fully saturated rings. The van der Waals surface area contributed by atoms with Crippen molar-refractivity contribution in [2.24, 2.45) is 0 Å². The molecular formula is C15H24N2O2. The molecule has 19 heavy (non-hydrogen) atoms. The molecule has 0 spiro atoms.